The van der Waals surface area contributed by atoms with Crippen LogP contribution in [0, 0.1) is 0 Å². The van der Waals surface area contributed by atoms with Gasteiger partial charge in [0, 0.05) is 12.2 Å². The Hall–Kier alpha value is -1.10. The molecule has 1 rings (SSSR count). The Kier molecular flexibility index (Phi) is 11.6. The van der Waals surface area contributed by atoms with E-state index in [1.165, 1.54) is 12.2 Å². The second-order valence-corrected chi connectivity index (χ2v) is 11.1. The van der Waals surface area contributed by atoms with Gasteiger partial charge in [-0.05, 0) is 19.6 Å². The second-order valence-electron chi connectivity index (χ2n) is 6.57. The van der Waals surface area contributed by atoms with Gasteiger partial charge in [0.1, 0.15) is 0 Å². The van der Waals surface area contributed by atoms with E-state index in [-0.39, 0.29) is 18.4 Å². The lowest BCUT2D eigenvalue weighted by Crippen LogP contribution is -2.33. The molecule has 0 aliphatic carbocycles. The van der Waals surface area contributed by atoms with Gasteiger partial charge in [-0.15, -0.1) is 0 Å². The van der Waals surface area contributed by atoms with Gasteiger partial charge in [0.2, 0.25) is 0 Å². The molecule has 8 nitrogen and oxygen atoms in total. The molecule has 26 heavy (non-hydrogen) atoms. The van der Waals surface area contributed by atoms with Crippen LogP contribution in [0.25, 0.3) is 0 Å². The van der Waals surface area contributed by atoms with Crippen LogP contribution in [0.15, 0.2) is 12.2 Å². The van der Waals surface area contributed by atoms with Crippen molar-refractivity contribution in [3.63, 3.8) is 0 Å². The Balaban J connectivity index is 1.76. The van der Waals surface area contributed by atoms with Crippen LogP contribution in [0.2, 0.25) is 19.6 Å². The van der Waals surface area contributed by atoms with E-state index in [9.17, 15) is 9.59 Å². The van der Waals surface area contributed by atoms with Crippen molar-refractivity contribution in [3.05, 3.63) is 12.2 Å². The number of hydrogen-bond acceptors (Lipinski definition) is 7. The molecule has 0 spiro atoms. The third-order valence-electron chi connectivity index (χ3n) is 3.24. The number of nitrogens with zero attached hydrogens (tertiary/aromatic N) is 1. The highest BCUT2D eigenvalue weighted by molar-refractivity contribution is 6.69. The van der Waals surface area contributed by atoms with Gasteiger partial charge in [-0.25, -0.2) is 0 Å². The van der Waals surface area contributed by atoms with Crippen LogP contribution in [-0.2, 0) is 33.0 Å². The molecule has 0 fully saturated rings. The molecule has 0 atom stereocenters. The van der Waals surface area contributed by atoms with Gasteiger partial charge in [0.25, 0.3) is 11.8 Å². The maximum Gasteiger partial charge on any atom is 0.253 e. The Bertz CT molecular complexity index is 433. The van der Waals surface area contributed by atoms with Crippen molar-refractivity contribution in [2.45, 2.75) is 19.6 Å². The van der Waals surface area contributed by atoms with Gasteiger partial charge < -0.3 is 23.4 Å². The van der Waals surface area contributed by atoms with Crippen molar-refractivity contribution in [1.82, 2.24) is 4.90 Å². The highest BCUT2D eigenvalue weighted by atomic mass is 28.4. The first-order valence-electron chi connectivity index (χ1n) is 8.88. The average molecular weight is 390 g/mol. The molecule has 0 saturated heterocycles. The van der Waals surface area contributed by atoms with Crippen molar-refractivity contribution in [3.8, 4) is 0 Å². The predicted molar refractivity (Wildman–Crippen MR) is 98.4 cm³/mol. The van der Waals surface area contributed by atoms with Crippen LogP contribution in [0.4, 0.5) is 0 Å². The number of rotatable bonds is 16. The zero-order chi connectivity index (χ0) is 19.3. The number of carbonyl (C=O) groups is 2. The Labute approximate surface area is 156 Å². The van der Waals surface area contributed by atoms with E-state index in [1.807, 2.05) is 0 Å². The summed E-state index contributed by atoms with van der Waals surface area (Å²) in [6.07, 6.45) is 2.52. The first-order valence-corrected chi connectivity index (χ1v) is 12.3. The van der Waals surface area contributed by atoms with Crippen molar-refractivity contribution in [1.29, 1.82) is 0 Å². The van der Waals surface area contributed by atoms with Crippen molar-refractivity contribution in [2.24, 2.45) is 0 Å². The highest BCUT2D eigenvalue weighted by Crippen LogP contribution is 2.02. The van der Waals surface area contributed by atoms with E-state index in [4.69, 9.17) is 23.4 Å². The monoisotopic (exact) mass is 389 g/mol. The van der Waals surface area contributed by atoms with Crippen molar-refractivity contribution in [2.75, 3.05) is 66.0 Å². The molecule has 0 saturated carbocycles. The molecule has 0 N–H and O–H groups in total. The smallest absolute Gasteiger partial charge is 0.253 e. The third kappa shape index (κ3) is 11.5. The molecular weight excluding hydrogens is 358 g/mol. The second kappa shape index (κ2) is 13.1. The molecule has 2 amide bonds. The normalized spacial score (nSPS) is 14.7. The van der Waals surface area contributed by atoms with E-state index in [0.717, 1.165) is 4.90 Å². The van der Waals surface area contributed by atoms with Crippen molar-refractivity contribution >= 4 is 20.1 Å². The highest BCUT2D eigenvalue weighted by Gasteiger charge is 2.22. The minimum absolute atomic E-state index is 0.261. The van der Waals surface area contributed by atoms with Crippen LogP contribution in [-0.4, -0.2) is 91.0 Å². The first-order chi connectivity index (χ1) is 12.4. The summed E-state index contributed by atoms with van der Waals surface area (Å²) in [7, 11) is -1.45. The average Bonchev–Trinajstić information content (AvgIpc) is 2.89. The number of carbonyl (C=O) groups excluding carboxylic acids is 2. The third-order valence-corrected chi connectivity index (χ3v) is 4.31. The van der Waals surface area contributed by atoms with E-state index in [2.05, 4.69) is 19.6 Å². The van der Waals surface area contributed by atoms with E-state index in [0.29, 0.717) is 59.5 Å². The summed E-state index contributed by atoms with van der Waals surface area (Å²) in [4.78, 5) is 23.7. The van der Waals surface area contributed by atoms with Crippen LogP contribution >= 0.6 is 0 Å². The van der Waals surface area contributed by atoms with Crippen molar-refractivity contribution < 1.29 is 33.0 Å². The summed E-state index contributed by atoms with van der Waals surface area (Å²) in [6.45, 7) is 11.1. The first kappa shape index (κ1) is 22.9. The lowest BCUT2D eigenvalue weighted by Gasteiger charge is -2.16. The molecule has 1 aliphatic heterocycles. The number of hydrogen-bond donors (Lipinski definition) is 0. The quantitative estimate of drug-likeness (QED) is 0.220. The zero-order valence-corrected chi connectivity index (χ0v) is 17.0. The van der Waals surface area contributed by atoms with Crippen LogP contribution in [0.1, 0.15) is 0 Å². The standard InChI is InChI=1S/C17H31NO7Si/c1-26(2,3)25-15-14-24-13-12-23-11-10-22-9-8-21-7-6-18-16(19)4-5-17(18)20/h4-5H,6-15H2,1-3H3. The maximum absolute atomic E-state index is 11.3. The molecular formula is C17H31NO7Si. The maximum atomic E-state index is 11.3. The predicted octanol–water partition coefficient (Wildman–Crippen LogP) is 0.829. The summed E-state index contributed by atoms with van der Waals surface area (Å²) in [5, 5.41) is 0. The number of ether oxygens (including phenoxy) is 4. The van der Waals surface area contributed by atoms with Crippen LogP contribution in [0.3, 0.4) is 0 Å². The van der Waals surface area contributed by atoms with Gasteiger partial charge in [-0.3, -0.25) is 14.5 Å². The van der Waals surface area contributed by atoms with E-state index in [1.54, 1.807) is 0 Å². The molecule has 150 valence electrons. The number of imide groups is 1. The molecule has 1 heterocycles. The molecule has 0 radical (unpaired) electrons. The number of amides is 2. The lowest BCUT2D eigenvalue weighted by molar-refractivity contribution is -0.137. The summed E-state index contributed by atoms with van der Waals surface area (Å²) in [6, 6.07) is 0. The van der Waals surface area contributed by atoms with Crippen LogP contribution < -0.4 is 0 Å². The Morgan fingerprint density at radius 2 is 1.08 bits per heavy atom. The minimum Gasteiger partial charge on any atom is -0.415 e. The summed E-state index contributed by atoms with van der Waals surface area (Å²) < 4.78 is 27.2. The van der Waals surface area contributed by atoms with Gasteiger partial charge in [0.05, 0.1) is 66.0 Å². The summed E-state index contributed by atoms with van der Waals surface area (Å²) >= 11 is 0. The minimum atomic E-state index is -1.45. The fourth-order valence-electron chi connectivity index (χ4n) is 1.98. The van der Waals surface area contributed by atoms with Crippen LogP contribution in [0.5, 0.6) is 0 Å². The van der Waals surface area contributed by atoms with Gasteiger partial charge in [-0.1, -0.05) is 0 Å². The summed E-state index contributed by atoms with van der Waals surface area (Å²) in [5.74, 6) is -0.584. The Morgan fingerprint density at radius 1 is 0.692 bits per heavy atom. The molecule has 0 aromatic heterocycles. The molecule has 9 heteroatoms. The fraction of sp³-hybridized carbons (Fsp3) is 0.765. The topological polar surface area (TPSA) is 83.5 Å². The SMILES string of the molecule is C[Si](C)(C)OCCOCCOCCOCCOCCN1C(=O)C=CC1=O. The fourth-order valence-corrected chi connectivity index (χ4v) is 2.67. The molecule has 1 aliphatic rings. The molecule has 0 unspecified atom stereocenters. The van der Waals surface area contributed by atoms with E-state index >= 15 is 0 Å². The summed E-state index contributed by atoms with van der Waals surface area (Å²) in [5.41, 5.74) is 0. The van der Waals surface area contributed by atoms with Gasteiger partial charge in [-0.2, -0.15) is 0 Å². The van der Waals surface area contributed by atoms with E-state index < -0.39 is 8.32 Å². The molecule has 0 aromatic carbocycles. The molecule has 0 bridgehead atoms. The zero-order valence-electron chi connectivity index (χ0n) is 16.0. The lowest BCUT2D eigenvalue weighted by atomic mass is 10.5. The Morgan fingerprint density at radius 3 is 1.50 bits per heavy atom. The van der Waals surface area contributed by atoms with Gasteiger partial charge in [0.15, 0.2) is 8.32 Å². The van der Waals surface area contributed by atoms with Gasteiger partial charge >= 0.3 is 0 Å². The largest absolute Gasteiger partial charge is 0.415 e. The molecule has 0 aromatic rings.